The first-order valence-corrected chi connectivity index (χ1v) is 9.45. The predicted octanol–water partition coefficient (Wildman–Crippen LogP) is 1.54. The monoisotopic (exact) mass is 373 g/mol. The van der Waals surface area contributed by atoms with Gasteiger partial charge in [-0.15, -0.1) is 0 Å². The van der Waals surface area contributed by atoms with Gasteiger partial charge in [0.25, 0.3) is 0 Å². The number of hydrogen-bond donors (Lipinski definition) is 1. The first-order valence-electron chi connectivity index (χ1n) is 9.45. The fraction of sp³-hybridized carbons (Fsp3) is 0.579. The molecule has 1 N–H and O–H groups in total. The van der Waals surface area contributed by atoms with E-state index in [1.54, 1.807) is 12.4 Å². The molecule has 3 heterocycles. The number of aromatic nitrogens is 3. The molecule has 1 amide bonds. The van der Waals surface area contributed by atoms with E-state index in [0.717, 1.165) is 31.9 Å². The Kier molecular flexibility index (Phi) is 6.89. The standard InChI is InChI=1S/C19H27N5O3/c1-14(2)16(24-9-11-26-12-10-24)13-21-17(25)3-4-18-22-19(23-27-18)15-5-7-20-8-6-15/h5-8,14,16H,3-4,9-13H2,1-2H3,(H,21,25). The largest absolute Gasteiger partial charge is 0.379 e. The van der Waals surface area contributed by atoms with Gasteiger partial charge in [0.2, 0.25) is 17.6 Å². The Labute approximate surface area is 159 Å². The van der Waals surface area contributed by atoms with E-state index >= 15 is 0 Å². The number of pyridine rings is 1. The summed E-state index contributed by atoms with van der Waals surface area (Å²) in [5, 5.41) is 7.01. The maximum Gasteiger partial charge on any atom is 0.227 e. The van der Waals surface area contributed by atoms with Gasteiger partial charge in [-0.1, -0.05) is 19.0 Å². The van der Waals surface area contributed by atoms with Crippen LogP contribution in [0.1, 0.15) is 26.2 Å². The van der Waals surface area contributed by atoms with Crippen LogP contribution in [0, 0.1) is 5.92 Å². The van der Waals surface area contributed by atoms with Gasteiger partial charge in [0.1, 0.15) is 0 Å². The lowest BCUT2D eigenvalue weighted by molar-refractivity contribution is -0.121. The first kappa shape index (κ1) is 19.4. The van der Waals surface area contributed by atoms with Crippen LogP contribution in [0.4, 0.5) is 0 Å². The van der Waals surface area contributed by atoms with Crippen LogP contribution in [0.15, 0.2) is 29.0 Å². The van der Waals surface area contributed by atoms with Gasteiger partial charge in [0.15, 0.2) is 0 Å². The maximum absolute atomic E-state index is 12.3. The van der Waals surface area contributed by atoms with Gasteiger partial charge in [-0.05, 0) is 18.1 Å². The van der Waals surface area contributed by atoms with E-state index in [0.29, 0.717) is 43.1 Å². The van der Waals surface area contributed by atoms with E-state index in [9.17, 15) is 4.79 Å². The maximum atomic E-state index is 12.3. The molecule has 2 aromatic heterocycles. The second-order valence-electron chi connectivity index (χ2n) is 7.01. The summed E-state index contributed by atoms with van der Waals surface area (Å²) in [6, 6.07) is 3.96. The number of nitrogens with zero attached hydrogens (tertiary/aromatic N) is 4. The highest BCUT2D eigenvalue weighted by Crippen LogP contribution is 2.15. The average Bonchev–Trinajstić information content (AvgIpc) is 3.17. The van der Waals surface area contributed by atoms with Gasteiger partial charge < -0.3 is 14.6 Å². The number of hydrogen-bond acceptors (Lipinski definition) is 7. The fourth-order valence-electron chi connectivity index (χ4n) is 3.20. The van der Waals surface area contributed by atoms with Crippen molar-refractivity contribution in [3.8, 4) is 11.4 Å². The van der Waals surface area contributed by atoms with Crippen molar-refractivity contribution >= 4 is 5.91 Å². The van der Waals surface area contributed by atoms with Crippen molar-refractivity contribution in [3.63, 3.8) is 0 Å². The molecule has 1 atom stereocenters. The highest BCUT2D eigenvalue weighted by atomic mass is 16.5. The van der Waals surface area contributed by atoms with Crippen molar-refractivity contribution in [2.45, 2.75) is 32.7 Å². The molecule has 1 aliphatic heterocycles. The van der Waals surface area contributed by atoms with Gasteiger partial charge >= 0.3 is 0 Å². The molecule has 1 saturated heterocycles. The van der Waals surface area contributed by atoms with Gasteiger partial charge in [-0.25, -0.2) is 0 Å². The molecule has 1 aliphatic rings. The van der Waals surface area contributed by atoms with Gasteiger partial charge in [-0.3, -0.25) is 14.7 Å². The molecular formula is C19H27N5O3. The van der Waals surface area contributed by atoms with Crippen LogP contribution in [0.2, 0.25) is 0 Å². The third-order valence-corrected chi connectivity index (χ3v) is 4.77. The van der Waals surface area contributed by atoms with E-state index in [2.05, 4.69) is 39.2 Å². The SMILES string of the molecule is CC(C)C(CNC(=O)CCc1nc(-c2ccncc2)no1)N1CCOCC1. The Balaban J connectivity index is 1.46. The summed E-state index contributed by atoms with van der Waals surface area (Å²) in [6.07, 6.45) is 4.11. The minimum atomic E-state index is -0.00225. The minimum absolute atomic E-state index is 0.00225. The second-order valence-corrected chi connectivity index (χ2v) is 7.01. The molecule has 0 bridgehead atoms. The third kappa shape index (κ3) is 5.58. The van der Waals surface area contributed by atoms with Crippen molar-refractivity contribution in [3.05, 3.63) is 30.4 Å². The number of aryl methyl sites for hydroxylation is 1. The zero-order valence-electron chi connectivity index (χ0n) is 15.9. The topological polar surface area (TPSA) is 93.4 Å². The summed E-state index contributed by atoms with van der Waals surface area (Å²) >= 11 is 0. The molecular weight excluding hydrogens is 346 g/mol. The fourth-order valence-corrected chi connectivity index (χ4v) is 3.20. The Bertz CT molecular complexity index is 713. The summed E-state index contributed by atoms with van der Waals surface area (Å²) < 4.78 is 10.7. The molecule has 2 aromatic rings. The molecule has 0 aliphatic carbocycles. The summed E-state index contributed by atoms with van der Waals surface area (Å²) in [5.74, 6) is 1.44. The van der Waals surface area contributed by atoms with Crippen molar-refractivity contribution in [2.75, 3.05) is 32.8 Å². The van der Waals surface area contributed by atoms with Crippen molar-refractivity contribution in [1.82, 2.24) is 25.3 Å². The molecule has 8 nitrogen and oxygen atoms in total. The van der Waals surface area contributed by atoms with Crippen LogP contribution in [0.25, 0.3) is 11.4 Å². The Hall–Kier alpha value is -2.32. The third-order valence-electron chi connectivity index (χ3n) is 4.77. The highest BCUT2D eigenvalue weighted by Gasteiger charge is 2.24. The van der Waals surface area contributed by atoms with Crippen LogP contribution in [-0.2, 0) is 16.0 Å². The Morgan fingerprint density at radius 2 is 2.00 bits per heavy atom. The molecule has 27 heavy (non-hydrogen) atoms. The van der Waals surface area contributed by atoms with Crippen LogP contribution in [0.3, 0.4) is 0 Å². The van der Waals surface area contributed by atoms with Crippen molar-refractivity contribution < 1.29 is 14.1 Å². The number of ether oxygens (including phenoxy) is 1. The molecule has 0 spiro atoms. The Morgan fingerprint density at radius 3 is 2.70 bits per heavy atom. The number of carbonyl (C=O) groups is 1. The second kappa shape index (κ2) is 9.57. The molecule has 0 radical (unpaired) electrons. The van der Waals surface area contributed by atoms with Crippen molar-refractivity contribution in [2.24, 2.45) is 5.92 Å². The van der Waals surface area contributed by atoms with E-state index in [1.165, 1.54) is 0 Å². The van der Waals surface area contributed by atoms with Gasteiger partial charge in [0, 0.05) is 56.5 Å². The lowest BCUT2D eigenvalue weighted by Gasteiger charge is -2.36. The number of amides is 1. The molecule has 1 fully saturated rings. The van der Waals surface area contributed by atoms with Crippen LogP contribution >= 0.6 is 0 Å². The molecule has 8 heteroatoms. The zero-order valence-corrected chi connectivity index (χ0v) is 15.9. The molecule has 0 aromatic carbocycles. The van der Waals surface area contributed by atoms with Crippen LogP contribution < -0.4 is 5.32 Å². The van der Waals surface area contributed by atoms with E-state index in [1.807, 2.05) is 12.1 Å². The Morgan fingerprint density at radius 1 is 1.26 bits per heavy atom. The lowest BCUT2D eigenvalue weighted by Crippen LogP contribution is -2.51. The smallest absolute Gasteiger partial charge is 0.227 e. The van der Waals surface area contributed by atoms with Crippen molar-refractivity contribution in [1.29, 1.82) is 0 Å². The number of rotatable bonds is 8. The first-order chi connectivity index (χ1) is 13.1. The highest BCUT2D eigenvalue weighted by molar-refractivity contribution is 5.76. The average molecular weight is 373 g/mol. The summed E-state index contributed by atoms with van der Waals surface area (Å²) in [5.41, 5.74) is 0.842. The van der Waals surface area contributed by atoms with Gasteiger partial charge in [0.05, 0.1) is 13.2 Å². The predicted molar refractivity (Wildman–Crippen MR) is 99.9 cm³/mol. The molecule has 3 rings (SSSR count). The quantitative estimate of drug-likeness (QED) is 0.750. The minimum Gasteiger partial charge on any atom is -0.379 e. The van der Waals surface area contributed by atoms with E-state index in [-0.39, 0.29) is 5.91 Å². The van der Waals surface area contributed by atoms with Gasteiger partial charge in [-0.2, -0.15) is 4.98 Å². The summed E-state index contributed by atoms with van der Waals surface area (Å²) in [7, 11) is 0. The normalized spacial score (nSPS) is 16.4. The van der Waals surface area contributed by atoms with E-state index < -0.39 is 0 Å². The van der Waals surface area contributed by atoms with Crippen LogP contribution in [0.5, 0.6) is 0 Å². The lowest BCUT2D eigenvalue weighted by atomic mass is 10.0. The van der Waals surface area contributed by atoms with E-state index in [4.69, 9.17) is 9.26 Å². The molecule has 146 valence electrons. The molecule has 1 unspecified atom stereocenters. The zero-order chi connectivity index (χ0) is 19.1. The summed E-state index contributed by atoms with van der Waals surface area (Å²) in [6.45, 7) is 8.36. The van der Waals surface area contributed by atoms with Crippen LogP contribution in [-0.4, -0.2) is 64.8 Å². The number of carbonyl (C=O) groups excluding carboxylic acids is 1. The summed E-state index contributed by atoms with van der Waals surface area (Å²) in [4.78, 5) is 23.0. The molecule has 0 saturated carbocycles. The number of nitrogens with one attached hydrogen (secondary N) is 1. The number of morpholine rings is 1.